The van der Waals surface area contributed by atoms with Crippen LogP contribution in [0.5, 0.6) is 0 Å². The van der Waals surface area contributed by atoms with E-state index in [9.17, 15) is 9.59 Å². The summed E-state index contributed by atoms with van der Waals surface area (Å²) in [7, 11) is 0. The van der Waals surface area contributed by atoms with Crippen molar-refractivity contribution in [3.63, 3.8) is 0 Å². The molecule has 1 rings (SSSR count). The van der Waals surface area contributed by atoms with Crippen molar-refractivity contribution in [2.45, 2.75) is 52.0 Å². The molecular formula is C16H23NO3. The van der Waals surface area contributed by atoms with Gasteiger partial charge in [-0.3, -0.25) is 4.79 Å². The average molecular weight is 277 g/mol. The zero-order valence-corrected chi connectivity index (χ0v) is 12.4. The Morgan fingerprint density at radius 2 is 1.80 bits per heavy atom. The molecule has 0 saturated carbocycles. The minimum Gasteiger partial charge on any atom is -0.478 e. The number of carboxylic acid groups (broad SMARTS) is 1. The second-order valence-corrected chi connectivity index (χ2v) is 5.28. The standard InChI is InChI=1S/C16H23NO3/c1-4-16(3,5-2)17-14(18)11-10-12-8-6-7-9-13(12)15(19)20/h6-9H,4-5,10-11H2,1-3H3,(H,17,18)(H,19,20). The minimum atomic E-state index is -0.951. The van der Waals surface area contributed by atoms with Crippen molar-refractivity contribution in [3.05, 3.63) is 35.4 Å². The highest BCUT2D eigenvalue weighted by Gasteiger charge is 2.21. The number of benzene rings is 1. The van der Waals surface area contributed by atoms with E-state index in [4.69, 9.17) is 5.11 Å². The fourth-order valence-electron chi connectivity index (χ4n) is 2.02. The van der Waals surface area contributed by atoms with E-state index < -0.39 is 5.97 Å². The highest BCUT2D eigenvalue weighted by molar-refractivity contribution is 5.89. The summed E-state index contributed by atoms with van der Waals surface area (Å²) in [5, 5.41) is 12.1. The van der Waals surface area contributed by atoms with Gasteiger partial charge in [-0.05, 0) is 37.8 Å². The summed E-state index contributed by atoms with van der Waals surface area (Å²) in [5.41, 5.74) is 0.794. The summed E-state index contributed by atoms with van der Waals surface area (Å²) < 4.78 is 0. The third-order valence-electron chi connectivity index (χ3n) is 3.87. The second-order valence-electron chi connectivity index (χ2n) is 5.28. The van der Waals surface area contributed by atoms with Crippen LogP contribution in [-0.4, -0.2) is 22.5 Å². The van der Waals surface area contributed by atoms with E-state index in [1.54, 1.807) is 24.3 Å². The first-order valence-corrected chi connectivity index (χ1v) is 7.04. The Labute approximate surface area is 120 Å². The van der Waals surface area contributed by atoms with E-state index in [1.165, 1.54) is 0 Å². The van der Waals surface area contributed by atoms with Gasteiger partial charge in [0.05, 0.1) is 5.56 Å². The molecule has 0 heterocycles. The predicted octanol–water partition coefficient (Wildman–Crippen LogP) is 3.01. The van der Waals surface area contributed by atoms with E-state index >= 15 is 0 Å². The molecule has 20 heavy (non-hydrogen) atoms. The van der Waals surface area contributed by atoms with E-state index in [1.807, 2.05) is 20.8 Å². The smallest absolute Gasteiger partial charge is 0.335 e. The summed E-state index contributed by atoms with van der Waals surface area (Å²) in [6.45, 7) is 6.11. The first-order chi connectivity index (χ1) is 9.41. The van der Waals surface area contributed by atoms with Gasteiger partial charge in [0, 0.05) is 12.0 Å². The first-order valence-electron chi connectivity index (χ1n) is 7.04. The number of aryl methyl sites for hydroxylation is 1. The number of amides is 1. The van der Waals surface area contributed by atoms with Crippen LogP contribution in [-0.2, 0) is 11.2 Å². The quantitative estimate of drug-likeness (QED) is 0.805. The molecular weight excluding hydrogens is 254 g/mol. The highest BCUT2D eigenvalue weighted by Crippen LogP contribution is 2.15. The van der Waals surface area contributed by atoms with E-state index in [2.05, 4.69) is 5.32 Å². The van der Waals surface area contributed by atoms with Crippen molar-refractivity contribution in [1.29, 1.82) is 0 Å². The number of nitrogens with one attached hydrogen (secondary N) is 1. The second kappa shape index (κ2) is 7.08. The monoisotopic (exact) mass is 277 g/mol. The zero-order valence-electron chi connectivity index (χ0n) is 12.4. The first kappa shape index (κ1) is 16.2. The lowest BCUT2D eigenvalue weighted by Crippen LogP contribution is -2.45. The molecule has 0 radical (unpaired) electrons. The zero-order chi connectivity index (χ0) is 15.2. The fourth-order valence-corrected chi connectivity index (χ4v) is 2.02. The van der Waals surface area contributed by atoms with Gasteiger partial charge in [-0.25, -0.2) is 4.79 Å². The molecule has 0 aliphatic heterocycles. The van der Waals surface area contributed by atoms with Crippen LogP contribution >= 0.6 is 0 Å². The molecule has 0 bridgehead atoms. The Morgan fingerprint density at radius 1 is 1.20 bits per heavy atom. The van der Waals surface area contributed by atoms with Gasteiger partial charge in [0.2, 0.25) is 5.91 Å². The molecule has 0 aromatic heterocycles. The largest absolute Gasteiger partial charge is 0.478 e. The molecule has 0 atom stereocenters. The Bertz CT molecular complexity index is 478. The normalized spacial score (nSPS) is 11.2. The van der Waals surface area contributed by atoms with Gasteiger partial charge in [0.1, 0.15) is 0 Å². The molecule has 0 aliphatic carbocycles. The number of carboxylic acids is 1. The fraction of sp³-hybridized carbons (Fsp3) is 0.500. The Morgan fingerprint density at radius 3 is 2.35 bits per heavy atom. The number of carbonyl (C=O) groups is 2. The van der Waals surface area contributed by atoms with Crippen LogP contribution in [0.15, 0.2) is 24.3 Å². The predicted molar refractivity (Wildman–Crippen MR) is 78.9 cm³/mol. The highest BCUT2D eigenvalue weighted by atomic mass is 16.4. The van der Waals surface area contributed by atoms with Crippen LogP contribution < -0.4 is 5.32 Å². The van der Waals surface area contributed by atoms with Gasteiger partial charge < -0.3 is 10.4 Å². The summed E-state index contributed by atoms with van der Waals surface area (Å²) >= 11 is 0. The SMILES string of the molecule is CCC(C)(CC)NC(=O)CCc1ccccc1C(=O)O. The maximum atomic E-state index is 12.0. The van der Waals surface area contributed by atoms with Crippen LogP contribution in [0.4, 0.5) is 0 Å². The van der Waals surface area contributed by atoms with Gasteiger partial charge >= 0.3 is 5.97 Å². The number of rotatable bonds is 7. The lowest BCUT2D eigenvalue weighted by Gasteiger charge is -2.28. The topological polar surface area (TPSA) is 66.4 Å². The van der Waals surface area contributed by atoms with Crippen molar-refractivity contribution < 1.29 is 14.7 Å². The molecule has 0 aliphatic rings. The maximum Gasteiger partial charge on any atom is 0.335 e. The van der Waals surface area contributed by atoms with Crippen molar-refractivity contribution in [3.8, 4) is 0 Å². The molecule has 0 spiro atoms. The van der Waals surface area contributed by atoms with Crippen LogP contribution in [0.1, 0.15) is 56.0 Å². The maximum absolute atomic E-state index is 12.0. The van der Waals surface area contributed by atoms with Crippen molar-refractivity contribution in [2.24, 2.45) is 0 Å². The average Bonchev–Trinajstić information content (AvgIpc) is 2.45. The molecule has 0 saturated heterocycles. The molecule has 2 N–H and O–H groups in total. The molecule has 0 fully saturated rings. The van der Waals surface area contributed by atoms with Crippen molar-refractivity contribution in [1.82, 2.24) is 5.32 Å². The summed E-state index contributed by atoms with van der Waals surface area (Å²) in [6, 6.07) is 6.81. The Hall–Kier alpha value is -1.84. The van der Waals surface area contributed by atoms with E-state index in [0.717, 1.165) is 12.8 Å². The summed E-state index contributed by atoms with van der Waals surface area (Å²) in [4.78, 5) is 23.1. The lowest BCUT2D eigenvalue weighted by atomic mass is 9.95. The van der Waals surface area contributed by atoms with Gasteiger partial charge in [-0.1, -0.05) is 32.0 Å². The van der Waals surface area contributed by atoms with Crippen molar-refractivity contribution in [2.75, 3.05) is 0 Å². The Balaban J connectivity index is 2.64. The molecule has 1 aromatic rings. The number of aromatic carboxylic acids is 1. The van der Waals surface area contributed by atoms with Gasteiger partial charge in [-0.2, -0.15) is 0 Å². The third kappa shape index (κ3) is 4.37. The van der Waals surface area contributed by atoms with Gasteiger partial charge in [0.25, 0.3) is 0 Å². The number of hydrogen-bond acceptors (Lipinski definition) is 2. The Kier molecular flexibility index (Phi) is 5.74. The molecule has 4 nitrogen and oxygen atoms in total. The minimum absolute atomic E-state index is 0.0311. The van der Waals surface area contributed by atoms with E-state index in [0.29, 0.717) is 18.4 Å². The molecule has 110 valence electrons. The third-order valence-corrected chi connectivity index (χ3v) is 3.87. The molecule has 1 amide bonds. The van der Waals surface area contributed by atoms with Crippen LogP contribution in [0, 0.1) is 0 Å². The molecule has 4 heteroatoms. The lowest BCUT2D eigenvalue weighted by molar-refractivity contribution is -0.122. The summed E-state index contributed by atoms with van der Waals surface area (Å²) in [5.74, 6) is -0.982. The van der Waals surface area contributed by atoms with Crippen LogP contribution in [0.25, 0.3) is 0 Å². The van der Waals surface area contributed by atoms with Gasteiger partial charge in [0.15, 0.2) is 0 Å². The van der Waals surface area contributed by atoms with E-state index in [-0.39, 0.29) is 17.0 Å². The molecule has 0 unspecified atom stereocenters. The van der Waals surface area contributed by atoms with Crippen molar-refractivity contribution >= 4 is 11.9 Å². The van der Waals surface area contributed by atoms with Gasteiger partial charge in [-0.15, -0.1) is 0 Å². The molecule has 1 aromatic carbocycles. The van der Waals surface area contributed by atoms with Crippen LogP contribution in [0.2, 0.25) is 0 Å². The van der Waals surface area contributed by atoms with Crippen LogP contribution in [0.3, 0.4) is 0 Å². The number of hydrogen-bond donors (Lipinski definition) is 2. The number of carbonyl (C=O) groups excluding carboxylic acids is 1. The summed E-state index contributed by atoms with van der Waals surface area (Å²) in [6.07, 6.45) is 2.50.